The molecule has 1 rings (SSSR count). The van der Waals surface area contributed by atoms with Gasteiger partial charge in [0.1, 0.15) is 0 Å². The van der Waals surface area contributed by atoms with Gasteiger partial charge in [-0.2, -0.15) is 0 Å². The summed E-state index contributed by atoms with van der Waals surface area (Å²) in [5.74, 6) is -0.359. The second-order valence-electron chi connectivity index (χ2n) is 3.00. The van der Waals surface area contributed by atoms with E-state index < -0.39 is 0 Å². The summed E-state index contributed by atoms with van der Waals surface area (Å²) in [6, 6.07) is 1.90. The lowest BCUT2D eigenvalue weighted by Gasteiger charge is -2.17. The number of nitrogens with two attached hydrogens (primary N) is 1. The van der Waals surface area contributed by atoms with E-state index in [0.717, 1.165) is 11.4 Å². The summed E-state index contributed by atoms with van der Waals surface area (Å²) < 4.78 is 0. The van der Waals surface area contributed by atoms with Crippen molar-refractivity contribution in [1.82, 2.24) is 4.98 Å². The third-order valence-corrected chi connectivity index (χ3v) is 1.85. The Morgan fingerprint density at radius 2 is 2.36 bits per heavy atom. The molecule has 0 radical (unpaired) electrons. The van der Waals surface area contributed by atoms with Gasteiger partial charge < -0.3 is 16.0 Å². The first-order chi connectivity index (χ1) is 6.63. The maximum absolute atomic E-state index is 10.7. The van der Waals surface area contributed by atoms with E-state index in [2.05, 4.69) is 10.3 Å². The van der Waals surface area contributed by atoms with E-state index in [1.807, 2.05) is 13.1 Å². The molecule has 1 aromatic rings. The third-order valence-electron chi connectivity index (χ3n) is 1.85. The average Bonchev–Trinajstić information content (AvgIpc) is 2.17. The Morgan fingerprint density at radius 3 is 2.93 bits per heavy atom. The fraction of sp³-hybridized carbons (Fsp3) is 0.333. The van der Waals surface area contributed by atoms with Gasteiger partial charge in [0, 0.05) is 14.1 Å². The molecule has 14 heavy (non-hydrogen) atoms. The predicted molar refractivity (Wildman–Crippen MR) is 56.2 cm³/mol. The van der Waals surface area contributed by atoms with Gasteiger partial charge in [-0.1, -0.05) is 0 Å². The van der Waals surface area contributed by atoms with E-state index in [1.165, 1.54) is 0 Å². The molecule has 5 nitrogen and oxygen atoms in total. The van der Waals surface area contributed by atoms with E-state index >= 15 is 0 Å². The van der Waals surface area contributed by atoms with Crippen LogP contribution in [0.2, 0.25) is 0 Å². The SMILES string of the molecule is CNc1cncc(N(C)CC(N)=O)c1. The molecule has 0 saturated carbocycles. The van der Waals surface area contributed by atoms with Crippen LogP contribution < -0.4 is 16.0 Å². The Hall–Kier alpha value is -1.78. The first-order valence-corrected chi connectivity index (χ1v) is 4.25. The number of pyridine rings is 1. The van der Waals surface area contributed by atoms with Crippen molar-refractivity contribution in [3.8, 4) is 0 Å². The number of carbonyl (C=O) groups is 1. The number of likely N-dealkylation sites (N-methyl/N-ethyl adjacent to an activating group) is 1. The molecular weight excluding hydrogens is 180 g/mol. The van der Waals surface area contributed by atoms with Gasteiger partial charge in [-0.3, -0.25) is 9.78 Å². The molecule has 1 aromatic heterocycles. The van der Waals surface area contributed by atoms with Crippen molar-refractivity contribution in [3.05, 3.63) is 18.5 Å². The number of nitrogens with one attached hydrogen (secondary N) is 1. The molecule has 0 aliphatic carbocycles. The minimum Gasteiger partial charge on any atom is -0.387 e. The maximum atomic E-state index is 10.7. The van der Waals surface area contributed by atoms with E-state index in [0.29, 0.717) is 0 Å². The van der Waals surface area contributed by atoms with Crippen molar-refractivity contribution in [2.24, 2.45) is 5.73 Å². The molecule has 0 aliphatic rings. The number of hydrogen-bond acceptors (Lipinski definition) is 4. The highest BCUT2D eigenvalue weighted by Crippen LogP contribution is 2.15. The fourth-order valence-corrected chi connectivity index (χ4v) is 1.10. The van der Waals surface area contributed by atoms with E-state index in [9.17, 15) is 4.79 Å². The minimum absolute atomic E-state index is 0.189. The topological polar surface area (TPSA) is 71.2 Å². The van der Waals surface area contributed by atoms with Crippen LogP contribution in [0.1, 0.15) is 0 Å². The van der Waals surface area contributed by atoms with Gasteiger partial charge in [0.25, 0.3) is 0 Å². The Bertz CT molecular complexity index is 326. The lowest BCUT2D eigenvalue weighted by molar-refractivity contribution is -0.116. The molecule has 5 heteroatoms. The van der Waals surface area contributed by atoms with Crippen LogP contribution in [0.25, 0.3) is 0 Å². The molecule has 0 atom stereocenters. The quantitative estimate of drug-likeness (QED) is 0.710. The Labute approximate surface area is 82.9 Å². The zero-order valence-corrected chi connectivity index (χ0v) is 8.32. The fourth-order valence-electron chi connectivity index (χ4n) is 1.10. The van der Waals surface area contributed by atoms with Gasteiger partial charge in [-0.15, -0.1) is 0 Å². The summed E-state index contributed by atoms with van der Waals surface area (Å²) in [4.78, 5) is 16.5. The minimum atomic E-state index is -0.359. The largest absolute Gasteiger partial charge is 0.387 e. The summed E-state index contributed by atoms with van der Waals surface area (Å²) in [7, 11) is 3.61. The second-order valence-corrected chi connectivity index (χ2v) is 3.00. The van der Waals surface area contributed by atoms with Gasteiger partial charge in [0.15, 0.2) is 0 Å². The highest BCUT2D eigenvalue weighted by Gasteiger charge is 2.04. The monoisotopic (exact) mass is 194 g/mol. The van der Waals surface area contributed by atoms with Crippen LogP contribution in [0.4, 0.5) is 11.4 Å². The molecular formula is C9H14N4O. The molecule has 1 amide bonds. The molecule has 1 heterocycles. The number of aromatic nitrogens is 1. The third kappa shape index (κ3) is 2.62. The van der Waals surface area contributed by atoms with Gasteiger partial charge in [0.05, 0.1) is 30.3 Å². The summed E-state index contributed by atoms with van der Waals surface area (Å²) in [5, 5.41) is 2.97. The van der Waals surface area contributed by atoms with Crippen molar-refractivity contribution in [1.29, 1.82) is 0 Å². The van der Waals surface area contributed by atoms with E-state index in [1.54, 1.807) is 24.3 Å². The van der Waals surface area contributed by atoms with Crippen molar-refractivity contribution < 1.29 is 4.79 Å². The zero-order chi connectivity index (χ0) is 10.6. The van der Waals surface area contributed by atoms with Crippen LogP contribution in [0, 0.1) is 0 Å². The summed E-state index contributed by atoms with van der Waals surface area (Å²) in [5.41, 5.74) is 6.84. The van der Waals surface area contributed by atoms with Crippen LogP contribution in [-0.4, -0.2) is 31.5 Å². The van der Waals surface area contributed by atoms with Crippen LogP contribution >= 0.6 is 0 Å². The van der Waals surface area contributed by atoms with Crippen LogP contribution in [0.5, 0.6) is 0 Å². The van der Waals surface area contributed by atoms with Crippen LogP contribution in [-0.2, 0) is 4.79 Å². The molecule has 0 spiro atoms. The number of hydrogen-bond donors (Lipinski definition) is 2. The standard InChI is InChI=1S/C9H14N4O/c1-11-7-3-8(5-12-4-7)13(2)6-9(10)14/h3-5,11H,6H2,1-2H3,(H2,10,14). The normalized spacial score (nSPS) is 9.57. The van der Waals surface area contributed by atoms with E-state index in [4.69, 9.17) is 5.73 Å². The smallest absolute Gasteiger partial charge is 0.236 e. The summed E-state index contributed by atoms with van der Waals surface area (Å²) in [6.07, 6.45) is 3.39. The van der Waals surface area contributed by atoms with Crippen molar-refractivity contribution in [2.45, 2.75) is 0 Å². The number of carbonyl (C=O) groups excluding carboxylic acids is 1. The lowest BCUT2D eigenvalue weighted by Crippen LogP contribution is -2.30. The molecule has 0 fully saturated rings. The highest BCUT2D eigenvalue weighted by molar-refractivity contribution is 5.79. The van der Waals surface area contributed by atoms with Crippen molar-refractivity contribution >= 4 is 17.3 Å². The molecule has 76 valence electrons. The number of primary amides is 1. The zero-order valence-electron chi connectivity index (χ0n) is 8.32. The first kappa shape index (κ1) is 10.3. The molecule has 0 bridgehead atoms. The Balaban J connectivity index is 2.78. The van der Waals surface area contributed by atoms with Crippen LogP contribution in [0.3, 0.4) is 0 Å². The predicted octanol–water partition coefficient (Wildman–Crippen LogP) is 0.0448. The maximum Gasteiger partial charge on any atom is 0.236 e. The first-order valence-electron chi connectivity index (χ1n) is 4.25. The lowest BCUT2D eigenvalue weighted by atomic mass is 10.3. The molecule has 0 aliphatic heterocycles. The van der Waals surface area contributed by atoms with E-state index in [-0.39, 0.29) is 12.5 Å². The van der Waals surface area contributed by atoms with Crippen molar-refractivity contribution in [3.63, 3.8) is 0 Å². The molecule has 0 aromatic carbocycles. The average molecular weight is 194 g/mol. The van der Waals surface area contributed by atoms with Gasteiger partial charge in [-0.05, 0) is 6.07 Å². The summed E-state index contributed by atoms with van der Waals surface area (Å²) >= 11 is 0. The highest BCUT2D eigenvalue weighted by atomic mass is 16.1. The molecule has 0 unspecified atom stereocenters. The van der Waals surface area contributed by atoms with Gasteiger partial charge >= 0.3 is 0 Å². The Morgan fingerprint density at radius 1 is 1.64 bits per heavy atom. The number of amides is 1. The molecule has 0 saturated heterocycles. The second kappa shape index (κ2) is 4.45. The Kier molecular flexibility index (Phi) is 3.28. The van der Waals surface area contributed by atoms with Gasteiger partial charge in [0.2, 0.25) is 5.91 Å². The van der Waals surface area contributed by atoms with Crippen molar-refractivity contribution in [2.75, 3.05) is 30.9 Å². The number of nitrogens with zero attached hydrogens (tertiary/aromatic N) is 2. The number of rotatable bonds is 4. The molecule has 3 N–H and O–H groups in total. The van der Waals surface area contributed by atoms with Gasteiger partial charge in [-0.25, -0.2) is 0 Å². The summed E-state index contributed by atoms with van der Waals surface area (Å²) in [6.45, 7) is 0.189. The van der Waals surface area contributed by atoms with Crippen LogP contribution in [0.15, 0.2) is 18.5 Å². The number of anilines is 2.